The molecule has 1 aliphatic heterocycles. The minimum atomic E-state index is 0.122. The van der Waals surface area contributed by atoms with Crippen LogP contribution >= 0.6 is 0 Å². The monoisotopic (exact) mass is 272 g/mol. The van der Waals surface area contributed by atoms with E-state index in [1.807, 2.05) is 6.20 Å². The van der Waals surface area contributed by atoms with Crippen molar-refractivity contribution in [1.29, 1.82) is 0 Å². The molecule has 108 valence electrons. The van der Waals surface area contributed by atoms with Gasteiger partial charge in [0.15, 0.2) is 0 Å². The molecule has 3 rings (SSSR count). The molecule has 20 heavy (non-hydrogen) atoms. The summed E-state index contributed by atoms with van der Waals surface area (Å²) in [5.74, 6) is 0. The van der Waals surface area contributed by atoms with Crippen LogP contribution in [0.4, 0.5) is 0 Å². The first-order chi connectivity index (χ1) is 9.62. The molecule has 2 aromatic heterocycles. The maximum atomic E-state index is 4.64. The molecule has 1 aliphatic rings. The van der Waals surface area contributed by atoms with Crippen molar-refractivity contribution in [2.24, 2.45) is 0 Å². The Morgan fingerprint density at radius 1 is 1.25 bits per heavy atom. The molecule has 2 aromatic rings. The summed E-state index contributed by atoms with van der Waals surface area (Å²) in [6, 6.07) is 6.29. The summed E-state index contributed by atoms with van der Waals surface area (Å²) in [4.78, 5) is 10.4. The number of fused-ring (bicyclic) bond motifs is 1. The largest absolute Gasteiger partial charge is 0.346 e. The van der Waals surface area contributed by atoms with Gasteiger partial charge in [-0.05, 0) is 58.0 Å². The maximum Gasteiger partial charge on any atom is 0.137 e. The Hall–Kier alpha value is -1.39. The Labute approximate surface area is 120 Å². The van der Waals surface area contributed by atoms with E-state index in [0.29, 0.717) is 0 Å². The average molecular weight is 272 g/mol. The Bertz CT molecular complexity index is 567. The van der Waals surface area contributed by atoms with Crippen LogP contribution in [0.1, 0.15) is 32.4 Å². The third-order valence-corrected chi connectivity index (χ3v) is 4.03. The molecule has 2 N–H and O–H groups in total. The third kappa shape index (κ3) is 3.19. The van der Waals surface area contributed by atoms with E-state index < -0.39 is 0 Å². The SMILES string of the molecule is CC(C)(CN1CCCC1)NCc1ccc2cc[nH]c2n1. The molecule has 0 saturated carbocycles. The number of likely N-dealkylation sites (tertiary alicyclic amines) is 1. The van der Waals surface area contributed by atoms with Gasteiger partial charge in [0.05, 0.1) is 5.69 Å². The van der Waals surface area contributed by atoms with Gasteiger partial charge in [-0.2, -0.15) is 0 Å². The van der Waals surface area contributed by atoms with E-state index in [1.54, 1.807) is 0 Å². The fraction of sp³-hybridized carbons (Fsp3) is 0.562. The molecule has 4 heteroatoms. The van der Waals surface area contributed by atoms with E-state index >= 15 is 0 Å². The van der Waals surface area contributed by atoms with Crippen LogP contribution in [0.3, 0.4) is 0 Å². The second-order valence-electron chi connectivity index (χ2n) is 6.44. The minimum absolute atomic E-state index is 0.122. The summed E-state index contributed by atoms with van der Waals surface area (Å²) in [6.07, 6.45) is 4.63. The topological polar surface area (TPSA) is 44.0 Å². The van der Waals surface area contributed by atoms with E-state index in [2.05, 4.69) is 52.2 Å². The van der Waals surface area contributed by atoms with E-state index in [0.717, 1.165) is 24.4 Å². The zero-order valence-electron chi connectivity index (χ0n) is 12.4. The van der Waals surface area contributed by atoms with Gasteiger partial charge in [0.1, 0.15) is 5.65 Å². The van der Waals surface area contributed by atoms with Crippen LogP contribution < -0.4 is 5.32 Å². The van der Waals surface area contributed by atoms with Crippen molar-refractivity contribution in [3.8, 4) is 0 Å². The summed E-state index contributed by atoms with van der Waals surface area (Å²) in [7, 11) is 0. The highest BCUT2D eigenvalue weighted by Gasteiger charge is 2.23. The molecular formula is C16H24N4. The van der Waals surface area contributed by atoms with Crippen molar-refractivity contribution in [2.75, 3.05) is 19.6 Å². The van der Waals surface area contributed by atoms with Crippen molar-refractivity contribution in [3.63, 3.8) is 0 Å². The lowest BCUT2D eigenvalue weighted by molar-refractivity contribution is 0.233. The predicted molar refractivity (Wildman–Crippen MR) is 82.7 cm³/mol. The molecule has 0 aliphatic carbocycles. The number of rotatable bonds is 5. The first kappa shape index (κ1) is 13.6. The predicted octanol–water partition coefficient (Wildman–Crippen LogP) is 2.53. The van der Waals surface area contributed by atoms with Crippen LogP contribution in [0.5, 0.6) is 0 Å². The van der Waals surface area contributed by atoms with Gasteiger partial charge in [-0.3, -0.25) is 0 Å². The number of hydrogen-bond acceptors (Lipinski definition) is 3. The summed E-state index contributed by atoms with van der Waals surface area (Å²) in [5.41, 5.74) is 2.19. The zero-order chi connectivity index (χ0) is 14.0. The molecule has 0 atom stereocenters. The molecule has 0 amide bonds. The van der Waals surface area contributed by atoms with Crippen molar-refractivity contribution >= 4 is 11.0 Å². The lowest BCUT2D eigenvalue weighted by Crippen LogP contribution is -2.48. The van der Waals surface area contributed by atoms with Crippen LogP contribution in [0.15, 0.2) is 24.4 Å². The van der Waals surface area contributed by atoms with E-state index in [1.165, 1.54) is 31.3 Å². The molecule has 0 aromatic carbocycles. The second kappa shape index (κ2) is 5.54. The van der Waals surface area contributed by atoms with Gasteiger partial charge in [0.25, 0.3) is 0 Å². The highest BCUT2D eigenvalue weighted by atomic mass is 15.2. The summed E-state index contributed by atoms with van der Waals surface area (Å²) >= 11 is 0. The molecule has 0 unspecified atom stereocenters. The molecule has 1 saturated heterocycles. The average Bonchev–Trinajstić information content (AvgIpc) is 3.06. The van der Waals surface area contributed by atoms with Gasteiger partial charge in [0.2, 0.25) is 0 Å². The van der Waals surface area contributed by atoms with Crippen LogP contribution in [0.25, 0.3) is 11.0 Å². The summed E-state index contributed by atoms with van der Waals surface area (Å²) in [5, 5.41) is 4.81. The van der Waals surface area contributed by atoms with Crippen molar-refractivity contribution in [2.45, 2.75) is 38.8 Å². The number of nitrogens with one attached hydrogen (secondary N) is 2. The van der Waals surface area contributed by atoms with Crippen LogP contribution in [0.2, 0.25) is 0 Å². The second-order valence-corrected chi connectivity index (χ2v) is 6.44. The highest BCUT2D eigenvalue weighted by molar-refractivity contribution is 5.75. The fourth-order valence-electron chi connectivity index (χ4n) is 2.95. The van der Waals surface area contributed by atoms with Crippen LogP contribution in [-0.2, 0) is 6.54 Å². The van der Waals surface area contributed by atoms with Gasteiger partial charge in [0, 0.05) is 30.2 Å². The molecular weight excluding hydrogens is 248 g/mol. The van der Waals surface area contributed by atoms with E-state index in [4.69, 9.17) is 0 Å². The van der Waals surface area contributed by atoms with Crippen molar-refractivity contribution < 1.29 is 0 Å². The quantitative estimate of drug-likeness (QED) is 0.879. The highest BCUT2D eigenvalue weighted by Crippen LogP contribution is 2.14. The third-order valence-electron chi connectivity index (χ3n) is 4.03. The van der Waals surface area contributed by atoms with Crippen molar-refractivity contribution in [3.05, 3.63) is 30.1 Å². The first-order valence-corrected chi connectivity index (χ1v) is 7.53. The Balaban J connectivity index is 1.59. The number of H-pyrrole nitrogens is 1. The normalized spacial score (nSPS) is 17.1. The fourth-order valence-corrected chi connectivity index (χ4v) is 2.95. The zero-order valence-corrected chi connectivity index (χ0v) is 12.4. The summed E-state index contributed by atoms with van der Waals surface area (Å²) in [6.45, 7) is 8.97. The van der Waals surface area contributed by atoms with Crippen LogP contribution in [0, 0.1) is 0 Å². The molecule has 4 nitrogen and oxygen atoms in total. The molecule has 1 fully saturated rings. The maximum absolute atomic E-state index is 4.64. The van der Waals surface area contributed by atoms with E-state index in [9.17, 15) is 0 Å². The Kier molecular flexibility index (Phi) is 3.76. The first-order valence-electron chi connectivity index (χ1n) is 7.53. The lowest BCUT2D eigenvalue weighted by Gasteiger charge is -2.31. The molecule has 0 bridgehead atoms. The van der Waals surface area contributed by atoms with Gasteiger partial charge in [-0.25, -0.2) is 4.98 Å². The Morgan fingerprint density at radius 3 is 2.85 bits per heavy atom. The van der Waals surface area contributed by atoms with Gasteiger partial charge >= 0.3 is 0 Å². The van der Waals surface area contributed by atoms with E-state index in [-0.39, 0.29) is 5.54 Å². The Morgan fingerprint density at radius 2 is 2.05 bits per heavy atom. The van der Waals surface area contributed by atoms with Gasteiger partial charge < -0.3 is 15.2 Å². The summed E-state index contributed by atoms with van der Waals surface area (Å²) < 4.78 is 0. The smallest absolute Gasteiger partial charge is 0.137 e. The van der Waals surface area contributed by atoms with Gasteiger partial charge in [-0.15, -0.1) is 0 Å². The number of aromatic amines is 1. The standard InChI is InChI=1S/C16H24N4/c1-16(2,12-20-9-3-4-10-20)18-11-14-6-5-13-7-8-17-15(13)19-14/h5-8,18H,3-4,9-12H2,1-2H3,(H,17,19). The van der Waals surface area contributed by atoms with Crippen LogP contribution in [-0.4, -0.2) is 40.0 Å². The molecule has 0 spiro atoms. The number of hydrogen-bond donors (Lipinski definition) is 2. The number of aromatic nitrogens is 2. The molecule has 0 radical (unpaired) electrons. The number of pyridine rings is 1. The minimum Gasteiger partial charge on any atom is -0.346 e. The van der Waals surface area contributed by atoms with Crippen molar-refractivity contribution in [1.82, 2.24) is 20.2 Å². The van der Waals surface area contributed by atoms with Gasteiger partial charge in [-0.1, -0.05) is 0 Å². The number of nitrogens with zero attached hydrogens (tertiary/aromatic N) is 2. The molecule has 3 heterocycles. The lowest BCUT2D eigenvalue weighted by atomic mass is 10.0.